The lowest BCUT2D eigenvalue weighted by molar-refractivity contribution is 0.0997. The van der Waals surface area contributed by atoms with Crippen molar-refractivity contribution in [1.82, 2.24) is 0 Å². The molecule has 1 aromatic heterocycles. The minimum Gasteiger partial charge on any atom is -0.448 e. The highest BCUT2D eigenvalue weighted by Crippen LogP contribution is 2.28. The molecule has 0 atom stereocenters. The standard InChI is InChI=1S/C23H18FNO2/c1-15-18-11-7-12-19(24)22(18)27-21(15)23(26)25-20-13-6-5-10-17(20)14-16-8-3-2-4-9-16/h2-13H,14H2,1H3,(H,25,26). The number of halogens is 1. The van der Waals surface area contributed by atoms with E-state index < -0.39 is 5.82 Å². The number of rotatable bonds is 4. The number of hydrogen-bond acceptors (Lipinski definition) is 2. The summed E-state index contributed by atoms with van der Waals surface area (Å²) >= 11 is 0. The number of anilines is 1. The van der Waals surface area contributed by atoms with Crippen LogP contribution in [0, 0.1) is 12.7 Å². The van der Waals surface area contributed by atoms with Crippen LogP contribution in [0.5, 0.6) is 0 Å². The zero-order valence-electron chi connectivity index (χ0n) is 14.8. The van der Waals surface area contributed by atoms with Crippen LogP contribution in [0.4, 0.5) is 10.1 Å². The monoisotopic (exact) mass is 359 g/mol. The average molecular weight is 359 g/mol. The number of para-hydroxylation sites is 2. The van der Waals surface area contributed by atoms with Crippen LogP contribution in [0.3, 0.4) is 0 Å². The topological polar surface area (TPSA) is 42.2 Å². The summed E-state index contributed by atoms with van der Waals surface area (Å²) in [5.41, 5.74) is 3.60. The van der Waals surface area contributed by atoms with Crippen LogP contribution in [0.1, 0.15) is 27.2 Å². The number of carbonyl (C=O) groups excluding carboxylic acids is 1. The van der Waals surface area contributed by atoms with Crippen LogP contribution in [0.25, 0.3) is 11.0 Å². The minimum absolute atomic E-state index is 0.109. The van der Waals surface area contributed by atoms with Gasteiger partial charge in [0.15, 0.2) is 17.2 Å². The summed E-state index contributed by atoms with van der Waals surface area (Å²) < 4.78 is 19.5. The van der Waals surface area contributed by atoms with Crippen LogP contribution < -0.4 is 5.32 Å². The van der Waals surface area contributed by atoms with Gasteiger partial charge in [0.25, 0.3) is 5.91 Å². The highest BCUT2D eigenvalue weighted by atomic mass is 19.1. The molecule has 0 aliphatic heterocycles. The average Bonchev–Trinajstić information content (AvgIpc) is 3.03. The number of fused-ring (bicyclic) bond motifs is 1. The number of carbonyl (C=O) groups is 1. The molecule has 0 bridgehead atoms. The molecule has 1 N–H and O–H groups in total. The Morgan fingerprint density at radius 2 is 1.70 bits per heavy atom. The molecule has 0 saturated carbocycles. The van der Waals surface area contributed by atoms with E-state index in [4.69, 9.17) is 4.42 Å². The summed E-state index contributed by atoms with van der Waals surface area (Å²) in [7, 11) is 0. The van der Waals surface area contributed by atoms with Crippen molar-refractivity contribution in [3.8, 4) is 0 Å². The van der Waals surface area contributed by atoms with Crippen molar-refractivity contribution in [1.29, 1.82) is 0 Å². The number of nitrogens with one attached hydrogen (secondary N) is 1. The Labute approximate surface area is 156 Å². The maximum atomic E-state index is 14.0. The molecular weight excluding hydrogens is 341 g/mol. The largest absolute Gasteiger partial charge is 0.448 e. The Bertz CT molecular complexity index is 1120. The molecule has 0 radical (unpaired) electrons. The van der Waals surface area contributed by atoms with E-state index in [-0.39, 0.29) is 17.3 Å². The summed E-state index contributed by atoms with van der Waals surface area (Å²) in [5, 5.41) is 3.52. The Kier molecular flexibility index (Phi) is 4.47. The van der Waals surface area contributed by atoms with Crippen molar-refractivity contribution in [3.63, 3.8) is 0 Å². The van der Waals surface area contributed by atoms with Crippen molar-refractivity contribution >= 4 is 22.6 Å². The molecule has 0 saturated heterocycles. The van der Waals surface area contributed by atoms with Gasteiger partial charge in [-0.25, -0.2) is 4.39 Å². The predicted octanol–water partition coefficient (Wildman–Crippen LogP) is 5.72. The second-order valence-electron chi connectivity index (χ2n) is 6.45. The number of benzene rings is 3. The first kappa shape index (κ1) is 17.0. The smallest absolute Gasteiger partial charge is 0.291 e. The van der Waals surface area contributed by atoms with Crippen LogP contribution in [0.15, 0.2) is 77.2 Å². The molecule has 134 valence electrons. The maximum absolute atomic E-state index is 14.0. The van der Waals surface area contributed by atoms with Crippen molar-refractivity contribution in [2.45, 2.75) is 13.3 Å². The van der Waals surface area contributed by atoms with Crippen molar-refractivity contribution < 1.29 is 13.6 Å². The molecule has 0 fully saturated rings. The minimum atomic E-state index is -0.473. The second kappa shape index (κ2) is 7.08. The van der Waals surface area contributed by atoms with Gasteiger partial charge in [-0.2, -0.15) is 0 Å². The molecule has 0 aliphatic rings. The first-order valence-corrected chi connectivity index (χ1v) is 8.74. The van der Waals surface area contributed by atoms with Gasteiger partial charge in [-0.05, 0) is 36.6 Å². The maximum Gasteiger partial charge on any atom is 0.291 e. The molecule has 27 heavy (non-hydrogen) atoms. The lowest BCUT2D eigenvalue weighted by Crippen LogP contribution is -2.13. The highest BCUT2D eigenvalue weighted by Gasteiger charge is 2.20. The van der Waals surface area contributed by atoms with E-state index in [2.05, 4.69) is 5.32 Å². The van der Waals surface area contributed by atoms with E-state index >= 15 is 0 Å². The van der Waals surface area contributed by atoms with Gasteiger partial charge in [0.2, 0.25) is 0 Å². The van der Waals surface area contributed by atoms with E-state index in [0.717, 1.165) is 11.1 Å². The Hall–Kier alpha value is -3.40. The summed E-state index contributed by atoms with van der Waals surface area (Å²) in [6.07, 6.45) is 0.699. The van der Waals surface area contributed by atoms with Crippen molar-refractivity contribution in [3.05, 3.63) is 101 Å². The third kappa shape index (κ3) is 3.34. The third-order valence-electron chi connectivity index (χ3n) is 4.62. The van der Waals surface area contributed by atoms with E-state index in [1.165, 1.54) is 6.07 Å². The molecule has 0 unspecified atom stereocenters. The van der Waals surface area contributed by atoms with E-state index in [0.29, 0.717) is 23.1 Å². The number of amides is 1. The molecule has 3 aromatic carbocycles. The fourth-order valence-corrected chi connectivity index (χ4v) is 3.22. The molecule has 1 heterocycles. The zero-order valence-corrected chi connectivity index (χ0v) is 14.8. The SMILES string of the molecule is Cc1c(C(=O)Nc2ccccc2Cc2ccccc2)oc2c(F)cccc12. The first-order valence-electron chi connectivity index (χ1n) is 8.74. The Balaban J connectivity index is 1.64. The zero-order chi connectivity index (χ0) is 18.8. The summed E-state index contributed by atoms with van der Waals surface area (Å²) in [6, 6.07) is 22.4. The number of furan rings is 1. The van der Waals surface area contributed by atoms with Crippen LogP contribution in [-0.4, -0.2) is 5.91 Å². The van der Waals surface area contributed by atoms with Crippen molar-refractivity contribution in [2.75, 3.05) is 5.32 Å². The summed E-state index contributed by atoms with van der Waals surface area (Å²) in [6.45, 7) is 1.76. The van der Waals surface area contributed by atoms with Gasteiger partial charge in [0, 0.05) is 16.6 Å². The highest BCUT2D eigenvalue weighted by molar-refractivity contribution is 6.06. The second-order valence-corrected chi connectivity index (χ2v) is 6.45. The molecular formula is C23H18FNO2. The van der Waals surface area contributed by atoms with E-state index in [9.17, 15) is 9.18 Å². The molecule has 4 rings (SSSR count). The van der Waals surface area contributed by atoms with Crippen LogP contribution in [0.2, 0.25) is 0 Å². The Morgan fingerprint density at radius 3 is 2.48 bits per heavy atom. The van der Waals surface area contributed by atoms with Gasteiger partial charge in [-0.15, -0.1) is 0 Å². The normalized spacial score (nSPS) is 10.9. The van der Waals surface area contributed by atoms with Gasteiger partial charge < -0.3 is 9.73 Å². The molecule has 4 aromatic rings. The van der Waals surface area contributed by atoms with Crippen LogP contribution in [-0.2, 0) is 6.42 Å². The summed E-state index contributed by atoms with van der Waals surface area (Å²) in [4.78, 5) is 12.8. The van der Waals surface area contributed by atoms with Gasteiger partial charge in [-0.3, -0.25) is 4.79 Å². The first-order chi connectivity index (χ1) is 13.1. The summed E-state index contributed by atoms with van der Waals surface area (Å²) in [5.74, 6) is -0.729. The third-order valence-corrected chi connectivity index (χ3v) is 4.62. The fourth-order valence-electron chi connectivity index (χ4n) is 3.22. The van der Waals surface area contributed by atoms with E-state index in [1.807, 2.05) is 54.6 Å². The molecule has 4 heteroatoms. The number of aryl methyl sites for hydroxylation is 1. The quantitative estimate of drug-likeness (QED) is 0.506. The fraction of sp³-hybridized carbons (Fsp3) is 0.0870. The number of hydrogen-bond donors (Lipinski definition) is 1. The predicted molar refractivity (Wildman–Crippen MR) is 105 cm³/mol. The molecule has 0 aliphatic carbocycles. The molecule has 3 nitrogen and oxygen atoms in total. The lowest BCUT2D eigenvalue weighted by Gasteiger charge is -2.10. The van der Waals surface area contributed by atoms with Crippen molar-refractivity contribution in [2.24, 2.45) is 0 Å². The van der Waals surface area contributed by atoms with Gasteiger partial charge >= 0.3 is 0 Å². The van der Waals surface area contributed by atoms with Gasteiger partial charge in [0.05, 0.1) is 0 Å². The Morgan fingerprint density at radius 1 is 0.963 bits per heavy atom. The van der Waals surface area contributed by atoms with Gasteiger partial charge in [0.1, 0.15) is 0 Å². The molecule has 0 spiro atoms. The van der Waals surface area contributed by atoms with E-state index in [1.54, 1.807) is 19.1 Å². The van der Waals surface area contributed by atoms with Gasteiger partial charge in [-0.1, -0.05) is 60.7 Å². The molecule has 1 amide bonds. The lowest BCUT2D eigenvalue weighted by atomic mass is 10.0. The van der Waals surface area contributed by atoms with Crippen LogP contribution >= 0.6 is 0 Å².